The molecular formula is C21H26N2O2S. The van der Waals surface area contributed by atoms with Gasteiger partial charge < -0.3 is 10.2 Å². The molecule has 2 unspecified atom stereocenters. The maximum absolute atomic E-state index is 12.8. The highest BCUT2D eigenvalue weighted by Gasteiger charge is 2.21. The van der Waals surface area contributed by atoms with Crippen LogP contribution in [0.1, 0.15) is 40.4 Å². The molecule has 2 aromatic rings. The Morgan fingerprint density at radius 2 is 1.85 bits per heavy atom. The van der Waals surface area contributed by atoms with Crippen molar-refractivity contribution < 1.29 is 9.00 Å². The Morgan fingerprint density at radius 3 is 2.54 bits per heavy atom. The number of amides is 1. The third-order valence-electron chi connectivity index (χ3n) is 4.71. The highest BCUT2D eigenvalue weighted by atomic mass is 32.2. The molecule has 1 fully saturated rings. The van der Waals surface area contributed by atoms with E-state index in [0.29, 0.717) is 11.3 Å². The maximum atomic E-state index is 12.8. The lowest BCUT2D eigenvalue weighted by Gasteiger charge is -2.25. The Bertz CT molecular complexity index is 758. The van der Waals surface area contributed by atoms with Crippen LogP contribution >= 0.6 is 0 Å². The average molecular weight is 371 g/mol. The summed E-state index contributed by atoms with van der Waals surface area (Å²) >= 11 is 0. The number of carbonyl (C=O) groups excluding carboxylic acids is 1. The van der Waals surface area contributed by atoms with Crippen molar-refractivity contribution in [2.45, 2.75) is 24.6 Å². The fourth-order valence-corrected chi connectivity index (χ4v) is 4.07. The smallest absolute Gasteiger partial charge is 0.251 e. The van der Waals surface area contributed by atoms with Gasteiger partial charge in [-0.2, -0.15) is 0 Å². The Balaban J connectivity index is 1.75. The van der Waals surface area contributed by atoms with Gasteiger partial charge in [0.25, 0.3) is 5.91 Å². The van der Waals surface area contributed by atoms with Crippen LogP contribution in [0.15, 0.2) is 54.6 Å². The summed E-state index contributed by atoms with van der Waals surface area (Å²) in [7, 11) is -0.920. The van der Waals surface area contributed by atoms with Gasteiger partial charge in [0.15, 0.2) is 0 Å². The molecule has 1 N–H and O–H groups in total. The summed E-state index contributed by atoms with van der Waals surface area (Å²) in [6, 6.07) is 17.5. The summed E-state index contributed by atoms with van der Waals surface area (Å²) in [5.41, 5.74) is 2.67. The van der Waals surface area contributed by atoms with E-state index in [1.807, 2.05) is 42.5 Å². The zero-order valence-electron chi connectivity index (χ0n) is 15.2. The van der Waals surface area contributed by atoms with Crippen molar-refractivity contribution in [2.24, 2.45) is 0 Å². The first-order valence-corrected chi connectivity index (χ1v) is 10.8. The fourth-order valence-electron chi connectivity index (χ4n) is 3.42. The van der Waals surface area contributed by atoms with Crippen molar-refractivity contribution in [3.63, 3.8) is 0 Å². The van der Waals surface area contributed by atoms with E-state index in [1.54, 1.807) is 6.26 Å². The highest BCUT2D eigenvalue weighted by Crippen LogP contribution is 2.19. The van der Waals surface area contributed by atoms with E-state index in [-0.39, 0.29) is 11.9 Å². The third kappa shape index (κ3) is 5.26. The van der Waals surface area contributed by atoms with Crippen LogP contribution in [0.2, 0.25) is 0 Å². The molecule has 0 aliphatic carbocycles. The lowest BCUT2D eigenvalue weighted by Crippen LogP contribution is -2.37. The minimum absolute atomic E-state index is 0.0363. The van der Waals surface area contributed by atoms with Crippen molar-refractivity contribution >= 4 is 16.7 Å². The van der Waals surface area contributed by atoms with Crippen molar-refractivity contribution in [2.75, 3.05) is 25.9 Å². The molecule has 0 saturated carbocycles. The molecule has 2 atom stereocenters. The Hall–Kier alpha value is -1.98. The molecule has 1 aliphatic heterocycles. The first kappa shape index (κ1) is 18.8. The number of hydrogen-bond acceptors (Lipinski definition) is 3. The molecule has 26 heavy (non-hydrogen) atoms. The predicted octanol–water partition coefficient (Wildman–Crippen LogP) is 3.13. The Labute approximate surface area is 158 Å². The molecule has 5 heteroatoms. The summed E-state index contributed by atoms with van der Waals surface area (Å²) in [4.78, 5) is 15.2. The molecule has 138 valence electrons. The molecule has 0 aromatic heterocycles. The van der Waals surface area contributed by atoms with Crippen molar-refractivity contribution in [1.29, 1.82) is 0 Å². The Kier molecular flexibility index (Phi) is 6.58. The molecular weight excluding hydrogens is 344 g/mol. The number of benzene rings is 2. The third-order valence-corrected chi connectivity index (χ3v) is 5.45. The van der Waals surface area contributed by atoms with Gasteiger partial charge in [-0.1, -0.05) is 42.5 Å². The first-order valence-electron chi connectivity index (χ1n) is 9.09. The summed E-state index contributed by atoms with van der Waals surface area (Å²) in [6.07, 6.45) is 4.13. The van der Waals surface area contributed by atoms with E-state index < -0.39 is 10.8 Å². The van der Waals surface area contributed by atoms with Gasteiger partial charge in [0, 0.05) is 34.9 Å². The minimum atomic E-state index is -0.920. The summed E-state index contributed by atoms with van der Waals surface area (Å²) in [6.45, 7) is 3.02. The van der Waals surface area contributed by atoms with Gasteiger partial charge in [-0.05, 0) is 49.2 Å². The molecule has 0 bridgehead atoms. The van der Waals surface area contributed by atoms with E-state index in [1.165, 1.54) is 12.8 Å². The predicted molar refractivity (Wildman–Crippen MR) is 107 cm³/mol. The molecule has 1 amide bonds. The van der Waals surface area contributed by atoms with Crippen LogP contribution in [0.5, 0.6) is 0 Å². The number of nitrogens with one attached hydrogen (secondary N) is 1. The molecule has 2 aromatic carbocycles. The fraction of sp³-hybridized carbons (Fsp3) is 0.381. The normalized spacial score (nSPS) is 17.0. The van der Waals surface area contributed by atoms with Gasteiger partial charge >= 0.3 is 0 Å². The molecule has 0 radical (unpaired) electrons. The topological polar surface area (TPSA) is 49.4 Å². The minimum Gasteiger partial charge on any atom is -0.344 e. The zero-order chi connectivity index (χ0) is 18.4. The molecule has 3 rings (SSSR count). The van der Waals surface area contributed by atoms with Crippen LogP contribution in [0.3, 0.4) is 0 Å². The standard InChI is InChI=1S/C21H26N2O2S/c1-26(25)16-17-8-7-11-19(14-17)21(24)22-20(15-23-12-5-6-13-23)18-9-3-2-4-10-18/h2-4,7-11,14,20H,5-6,12-13,15-16H2,1H3,(H,22,24). The number of carbonyl (C=O) groups is 1. The number of hydrogen-bond donors (Lipinski definition) is 1. The van der Waals surface area contributed by atoms with Crippen LogP contribution < -0.4 is 5.32 Å². The largest absolute Gasteiger partial charge is 0.344 e. The second-order valence-corrected chi connectivity index (χ2v) is 8.30. The highest BCUT2D eigenvalue weighted by molar-refractivity contribution is 7.83. The lowest BCUT2D eigenvalue weighted by atomic mass is 10.1. The number of nitrogens with zero attached hydrogens (tertiary/aromatic N) is 1. The number of likely N-dealkylation sites (tertiary alicyclic amines) is 1. The SMILES string of the molecule is CS(=O)Cc1cccc(C(=O)NC(CN2CCCC2)c2ccccc2)c1. The van der Waals surface area contributed by atoms with Crippen LogP contribution in [0.25, 0.3) is 0 Å². The monoisotopic (exact) mass is 370 g/mol. The van der Waals surface area contributed by atoms with E-state index in [0.717, 1.165) is 30.8 Å². The number of rotatable bonds is 7. The quantitative estimate of drug-likeness (QED) is 0.815. The van der Waals surface area contributed by atoms with Crippen LogP contribution in [0.4, 0.5) is 0 Å². The van der Waals surface area contributed by atoms with Crippen LogP contribution in [0, 0.1) is 0 Å². The second-order valence-electron chi connectivity index (χ2n) is 6.86. The summed E-state index contributed by atoms with van der Waals surface area (Å²) in [5, 5.41) is 3.20. The van der Waals surface area contributed by atoms with Gasteiger partial charge in [-0.3, -0.25) is 9.00 Å². The maximum Gasteiger partial charge on any atom is 0.251 e. The van der Waals surface area contributed by atoms with Gasteiger partial charge in [-0.15, -0.1) is 0 Å². The van der Waals surface area contributed by atoms with Gasteiger partial charge in [0.05, 0.1) is 6.04 Å². The van der Waals surface area contributed by atoms with Gasteiger partial charge in [0.2, 0.25) is 0 Å². The lowest BCUT2D eigenvalue weighted by molar-refractivity contribution is 0.0927. The first-order chi connectivity index (χ1) is 12.6. The van der Waals surface area contributed by atoms with Crippen molar-refractivity contribution in [3.05, 3.63) is 71.3 Å². The van der Waals surface area contributed by atoms with Crippen LogP contribution in [-0.4, -0.2) is 40.9 Å². The molecule has 4 nitrogen and oxygen atoms in total. The average Bonchev–Trinajstić information content (AvgIpc) is 3.14. The zero-order valence-corrected chi connectivity index (χ0v) is 16.0. The van der Waals surface area contributed by atoms with Crippen molar-refractivity contribution in [1.82, 2.24) is 10.2 Å². The van der Waals surface area contributed by atoms with E-state index in [9.17, 15) is 9.00 Å². The molecule has 1 heterocycles. The Morgan fingerprint density at radius 1 is 1.12 bits per heavy atom. The van der Waals surface area contributed by atoms with E-state index in [4.69, 9.17) is 0 Å². The molecule has 0 spiro atoms. The van der Waals surface area contributed by atoms with Gasteiger partial charge in [-0.25, -0.2) is 0 Å². The summed E-state index contributed by atoms with van der Waals surface area (Å²) < 4.78 is 11.5. The van der Waals surface area contributed by atoms with Crippen molar-refractivity contribution in [3.8, 4) is 0 Å². The summed E-state index contributed by atoms with van der Waals surface area (Å²) in [5.74, 6) is 0.388. The molecule has 1 aliphatic rings. The molecule has 1 saturated heterocycles. The van der Waals surface area contributed by atoms with E-state index >= 15 is 0 Å². The van der Waals surface area contributed by atoms with Crippen LogP contribution in [-0.2, 0) is 16.6 Å². The van der Waals surface area contributed by atoms with Gasteiger partial charge in [0.1, 0.15) is 0 Å². The van der Waals surface area contributed by atoms with E-state index in [2.05, 4.69) is 22.3 Å². The second kappa shape index (κ2) is 9.10.